The summed E-state index contributed by atoms with van der Waals surface area (Å²) in [5.74, 6) is -1.44. The molecule has 1 rings (SSSR count). The number of thioether (sulfide) groups is 1. The number of carboxylic acid groups (broad SMARTS) is 1. The molecule has 0 saturated heterocycles. The molecule has 1 aromatic carbocycles. The van der Waals surface area contributed by atoms with Gasteiger partial charge in [-0.15, -0.1) is 11.8 Å². The van der Waals surface area contributed by atoms with Crippen LogP contribution in [0.15, 0.2) is 23.1 Å². The predicted molar refractivity (Wildman–Crippen MR) is 57.1 cm³/mol. The molecule has 5 N–H and O–H groups in total. The molecule has 0 heterocycles. The molecule has 0 spiro atoms. The van der Waals surface area contributed by atoms with Crippen LogP contribution in [0.2, 0.25) is 0 Å². The number of rotatable bonds is 4. The molecule has 0 aromatic heterocycles. The van der Waals surface area contributed by atoms with E-state index in [2.05, 4.69) is 0 Å². The van der Waals surface area contributed by atoms with Crippen molar-refractivity contribution in [2.75, 3.05) is 11.5 Å². The summed E-state index contributed by atoms with van der Waals surface area (Å²) in [6.45, 7) is 0. The highest BCUT2D eigenvalue weighted by atomic mass is 32.2. The van der Waals surface area contributed by atoms with Gasteiger partial charge in [0, 0.05) is 16.3 Å². The van der Waals surface area contributed by atoms with Crippen molar-refractivity contribution < 1.29 is 14.3 Å². The minimum atomic E-state index is -1.10. The van der Waals surface area contributed by atoms with E-state index in [1.54, 1.807) is 6.07 Å². The van der Waals surface area contributed by atoms with Gasteiger partial charge in [0.1, 0.15) is 11.9 Å². The molecule has 1 aromatic rings. The third-order valence-electron chi connectivity index (χ3n) is 1.69. The molecule has 0 aliphatic rings. The number of hydrogen-bond acceptors (Lipinski definition) is 4. The van der Waals surface area contributed by atoms with E-state index in [0.717, 1.165) is 11.8 Å². The maximum Gasteiger partial charge on any atom is 0.321 e. The van der Waals surface area contributed by atoms with Gasteiger partial charge in [0.05, 0.1) is 0 Å². The van der Waals surface area contributed by atoms with Crippen LogP contribution in [0.25, 0.3) is 0 Å². The summed E-state index contributed by atoms with van der Waals surface area (Å²) in [7, 11) is 0. The Morgan fingerprint density at radius 3 is 2.80 bits per heavy atom. The zero-order chi connectivity index (χ0) is 11.4. The van der Waals surface area contributed by atoms with Crippen LogP contribution >= 0.6 is 11.8 Å². The van der Waals surface area contributed by atoms with Gasteiger partial charge in [-0.1, -0.05) is 0 Å². The summed E-state index contributed by atoms with van der Waals surface area (Å²) in [6.07, 6.45) is 0. The Balaban J connectivity index is 2.62. The number of carboxylic acids is 1. The van der Waals surface area contributed by atoms with Gasteiger partial charge in [0.2, 0.25) is 0 Å². The van der Waals surface area contributed by atoms with Gasteiger partial charge in [0.25, 0.3) is 0 Å². The van der Waals surface area contributed by atoms with Crippen molar-refractivity contribution in [3.63, 3.8) is 0 Å². The largest absolute Gasteiger partial charge is 0.480 e. The number of hydrogen-bond donors (Lipinski definition) is 3. The molecular weight excluding hydrogens is 219 g/mol. The molecule has 0 fully saturated rings. The standard InChI is InChI=1S/C9H11FN2O2S/c10-6-3-5(11)1-2-8(6)15-4-7(12)9(13)14/h1-3,7H,4,11-12H2,(H,13,14). The van der Waals surface area contributed by atoms with Crippen LogP contribution in [0.1, 0.15) is 0 Å². The zero-order valence-corrected chi connectivity index (χ0v) is 8.63. The Bertz CT molecular complexity index is 373. The van der Waals surface area contributed by atoms with E-state index in [4.69, 9.17) is 16.6 Å². The molecule has 15 heavy (non-hydrogen) atoms. The van der Waals surface area contributed by atoms with Crippen molar-refractivity contribution in [2.24, 2.45) is 5.73 Å². The third kappa shape index (κ3) is 3.41. The van der Waals surface area contributed by atoms with Crippen LogP contribution in [0.5, 0.6) is 0 Å². The van der Waals surface area contributed by atoms with Gasteiger partial charge in [0.15, 0.2) is 0 Å². The van der Waals surface area contributed by atoms with Gasteiger partial charge in [-0.2, -0.15) is 0 Å². The molecule has 0 aliphatic heterocycles. The van der Waals surface area contributed by atoms with Gasteiger partial charge >= 0.3 is 5.97 Å². The van der Waals surface area contributed by atoms with Crippen molar-refractivity contribution in [2.45, 2.75) is 10.9 Å². The Labute approximate surface area is 90.5 Å². The summed E-state index contributed by atoms with van der Waals surface area (Å²) in [4.78, 5) is 10.8. The molecule has 0 aliphatic carbocycles. The highest BCUT2D eigenvalue weighted by Gasteiger charge is 2.13. The quantitative estimate of drug-likeness (QED) is 0.528. The Hall–Kier alpha value is -1.27. The van der Waals surface area contributed by atoms with Crippen molar-refractivity contribution in [1.82, 2.24) is 0 Å². The summed E-state index contributed by atoms with van der Waals surface area (Å²) >= 11 is 1.06. The summed E-state index contributed by atoms with van der Waals surface area (Å²) in [6, 6.07) is 3.25. The number of anilines is 1. The molecule has 0 amide bonds. The first-order chi connectivity index (χ1) is 7.00. The second-order valence-corrected chi connectivity index (χ2v) is 4.01. The normalized spacial score (nSPS) is 12.4. The SMILES string of the molecule is Nc1ccc(SCC(N)C(=O)O)c(F)c1. The monoisotopic (exact) mass is 230 g/mol. The number of nitrogens with two attached hydrogens (primary N) is 2. The Morgan fingerprint density at radius 1 is 1.60 bits per heavy atom. The molecule has 0 radical (unpaired) electrons. The molecule has 0 bridgehead atoms. The van der Waals surface area contributed by atoms with Gasteiger partial charge in [-0.25, -0.2) is 4.39 Å². The predicted octanol–water partition coefficient (Wildman–Crippen LogP) is 0.912. The van der Waals surface area contributed by atoms with Crippen LogP contribution in [-0.2, 0) is 4.79 Å². The van der Waals surface area contributed by atoms with Crippen molar-refractivity contribution in [3.8, 4) is 0 Å². The smallest absolute Gasteiger partial charge is 0.321 e. The number of carbonyl (C=O) groups is 1. The Morgan fingerprint density at radius 2 is 2.27 bits per heavy atom. The minimum absolute atomic E-state index is 0.121. The first kappa shape index (κ1) is 11.8. The fourth-order valence-electron chi connectivity index (χ4n) is 0.885. The average molecular weight is 230 g/mol. The van der Waals surface area contributed by atoms with Crippen LogP contribution in [0.3, 0.4) is 0 Å². The second-order valence-electron chi connectivity index (χ2n) is 2.95. The van der Waals surface area contributed by atoms with E-state index < -0.39 is 17.8 Å². The van der Waals surface area contributed by atoms with E-state index >= 15 is 0 Å². The second kappa shape index (κ2) is 4.99. The number of halogens is 1. The van der Waals surface area contributed by atoms with E-state index in [1.807, 2.05) is 0 Å². The molecule has 6 heteroatoms. The van der Waals surface area contributed by atoms with Crippen LogP contribution in [-0.4, -0.2) is 22.9 Å². The first-order valence-corrected chi connectivity index (χ1v) is 5.15. The van der Waals surface area contributed by atoms with E-state index in [1.165, 1.54) is 12.1 Å². The molecular formula is C9H11FN2O2S. The van der Waals surface area contributed by atoms with Crippen molar-refractivity contribution >= 4 is 23.4 Å². The van der Waals surface area contributed by atoms with Gasteiger partial charge in [-0.05, 0) is 18.2 Å². The van der Waals surface area contributed by atoms with Crippen LogP contribution in [0.4, 0.5) is 10.1 Å². The number of benzene rings is 1. The lowest BCUT2D eigenvalue weighted by atomic mass is 10.3. The number of nitrogen functional groups attached to an aromatic ring is 1. The van der Waals surface area contributed by atoms with E-state index in [0.29, 0.717) is 10.6 Å². The van der Waals surface area contributed by atoms with E-state index in [9.17, 15) is 9.18 Å². The molecule has 1 unspecified atom stereocenters. The maximum absolute atomic E-state index is 13.2. The van der Waals surface area contributed by atoms with Gasteiger partial charge < -0.3 is 16.6 Å². The lowest BCUT2D eigenvalue weighted by molar-refractivity contribution is -0.137. The average Bonchev–Trinajstić information content (AvgIpc) is 2.15. The van der Waals surface area contributed by atoms with Gasteiger partial charge in [-0.3, -0.25) is 4.79 Å². The molecule has 4 nitrogen and oxygen atoms in total. The topological polar surface area (TPSA) is 89.3 Å². The first-order valence-electron chi connectivity index (χ1n) is 4.17. The highest BCUT2D eigenvalue weighted by molar-refractivity contribution is 7.99. The fraction of sp³-hybridized carbons (Fsp3) is 0.222. The Kier molecular flexibility index (Phi) is 3.93. The summed E-state index contributed by atoms with van der Waals surface area (Å²) < 4.78 is 13.2. The van der Waals surface area contributed by atoms with Crippen LogP contribution < -0.4 is 11.5 Å². The highest BCUT2D eigenvalue weighted by Crippen LogP contribution is 2.23. The fourth-order valence-corrected chi connectivity index (χ4v) is 1.75. The number of aliphatic carboxylic acids is 1. The lowest BCUT2D eigenvalue weighted by Gasteiger charge is -2.06. The molecule has 82 valence electrons. The van der Waals surface area contributed by atoms with Crippen molar-refractivity contribution in [3.05, 3.63) is 24.0 Å². The van der Waals surface area contributed by atoms with Crippen LogP contribution in [0, 0.1) is 5.82 Å². The van der Waals surface area contributed by atoms with Crippen molar-refractivity contribution in [1.29, 1.82) is 0 Å². The maximum atomic E-state index is 13.2. The lowest BCUT2D eigenvalue weighted by Crippen LogP contribution is -2.32. The summed E-state index contributed by atoms with van der Waals surface area (Å²) in [5.41, 5.74) is 11.0. The minimum Gasteiger partial charge on any atom is -0.480 e. The summed E-state index contributed by atoms with van der Waals surface area (Å²) in [5, 5.41) is 8.52. The van der Waals surface area contributed by atoms with E-state index in [-0.39, 0.29) is 5.75 Å². The molecule has 1 atom stereocenters. The third-order valence-corrected chi connectivity index (χ3v) is 2.86. The zero-order valence-electron chi connectivity index (χ0n) is 7.81. The molecule has 0 saturated carbocycles.